The second kappa shape index (κ2) is 8.35. The van der Waals surface area contributed by atoms with Crippen molar-refractivity contribution in [1.29, 1.82) is 0 Å². The van der Waals surface area contributed by atoms with E-state index in [1.807, 2.05) is 60.7 Å². The number of rotatable bonds is 7. The van der Waals surface area contributed by atoms with Crippen LogP contribution in [-0.4, -0.2) is 36.4 Å². The van der Waals surface area contributed by atoms with Crippen LogP contribution < -0.4 is 0 Å². The molecule has 1 fully saturated rings. The number of aliphatic hydroxyl groups excluding tert-OH is 1. The van der Waals surface area contributed by atoms with Crippen molar-refractivity contribution < 1.29 is 23.7 Å². The van der Waals surface area contributed by atoms with E-state index in [0.717, 1.165) is 11.1 Å². The molecular weight excluding hydrogens is 311 g/mol. The molecule has 1 aliphatic heterocycles. The fourth-order valence-corrected chi connectivity index (χ4v) is 2.67. The summed E-state index contributed by atoms with van der Waals surface area (Å²) in [5, 5.41) is 9.62. The van der Waals surface area contributed by atoms with Gasteiger partial charge >= 0.3 is 0 Å². The van der Waals surface area contributed by atoms with Crippen LogP contribution in [0.4, 0.5) is 4.39 Å². The maximum absolute atomic E-state index is 14.1. The average molecular weight is 332 g/mol. The zero-order valence-corrected chi connectivity index (χ0v) is 13.3. The van der Waals surface area contributed by atoms with E-state index in [1.54, 1.807) is 0 Å². The highest BCUT2D eigenvalue weighted by Gasteiger charge is 2.45. The minimum absolute atomic E-state index is 0.159. The molecule has 0 spiro atoms. The van der Waals surface area contributed by atoms with Gasteiger partial charge in [0.05, 0.1) is 19.8 Å². The van der Waals surface area contributed by atoms with Crippen LogP contribution in [0.3, 0.4) is 0 Å². The summed E-state index contributed by atoms with van der Waals surface area (Å²) < 4.78 is 30.6. The second-order valence-corrected chi connectivity index (χ2v) is 5.77. The van der Waals surface area contributed by atoms with E-state index in [4.69, 9.17) is 14.2 Å². The number of ether oxygens (including phenoxy) is 3. The Labute approximate surface area is 140 Å². The third-order valence-electron chi connectivity index (χ3n) is 3.95. The molecule has 0 amide bonds. The summed E-state index contributed by atoms with van der Waals surface area (Å²) in [5.74, 6) is 0. The number of aliphatic hydroxyl groups is 1. The van der Waals surface area contributed by atoms with E-state index < -0.39 is 24.7 Å². The fraction of sp³-hybridized carbons (Fsp3) is 0.368. The first-order valence-electron chi connectivity index (χ1n) is 7.99. The molecular formula is C19H21FO4. The van der Waals surface area contributed by atoms with Gasteiger partial charge in [-0.2, -0.15) is 0 Å². The van der Waals surface area contributed by atoms with Gasteiger partial charge in [0.1, 0.15) is 12.2 Å². The first-order valence-corrected chi connectivity index (χ1v) is 7.99. The summed E-state index contributed by atoms with van der Waals surface area (Å²) in [6.45, 7) is 0.822. The van der Waals surface area contributed by atoms with E-state index in [9.17, 15) is 9.50 Å². The van der Waals surface area contributed by atoms with E-state index in [0.29, 0.717) is 6.61 Å². The summed E-state index contributed by atoms with van der Waals surface area (Å²) in [4.78, 5) is 0. The molecule has 4 nitrogen and oxygen atoms in total. The van der Waals surface area contributed by atoms with Crippen molar-refractivity contribution >= 4 is 0 Å². The van der Waals surface area contributed by atoms with Gasteiger partial charge in [0.2, 0.25) is 0 Å². The highest BCUT2D eigenvalue weighted by Crippen LogP contribution is 2.26. The highest BCUT2D eigenvalue weighted by atomic mass is 19.1. The third kappa shape index (κ3) is 4.39. The number of hydrogen-bond acceptors (Lipinski definition) is 4. The van der Waals surface area contributed by atoms with Gasteiger partial charge in [-0.25, -0.2) is 4.39 Å². The van der Waals surface area contributed by atoms with Crippen LogP contribution in [0.2, 0.25) is 0 Å². The quantitative estimate of drug-likeness (QED) is 0.847. The van der Waals surface area contributed by atoms with Gasteiger partial charge in [-0.1, -0.05) is 60.7 Å². The summed E-state index contributed by atoms with van der Waals surface area (Å²) in [7, 11) is 0. The topological polar surface area (TPSA) is 47.9 Å². The molecule has 4 unspecified atom stereocenters. The van der Waals surface area contributed by atoms with Gasteiger partial charge in [0.15, 0.2) is 12.5 Å². The Morgan fingerprint density at radius 2 is 1.50 bits per heavy atom. The normalized spacial score (nSPS) is 26.6. The average Bonchev–Trinajstić information content (AvgIpc) is 2.89. The Hall–Kier alpha value is -1.79. The summed E-state index contributed by atoms with van der Waals surface area (Å²) >= 11 is 0. The van der Waals surface area contributed by atoms with Crippen molar-refractivity contribution in [3.63, 3.8) is 0 Å². The van der Waals surface area contributed by atoms with Gasteiger partial charge < -0.3 is 19.3 Å². The Bertz CT molecular complexity index is 607. The monoisotopic (exact) mass is 332 g/mol. The summed E-state index contributed by atoms with van der Waals surface area (Å²) in [5.41, 5.74) is 1.96. The molecule has 1 N–H and O–H groups in total. The summed E-state index contributed by atoms with van der Waals surface area (Å²) in [6, 6.07) is 19.2. The van der Waals surface area contributed by atoms with Gasteiger partial charge in [0.25, 0.3) is 0 Å². The molecule has 5 heteroatoms. The molecule has 2 aromatic carbocycles. The number of alkyl halides is 1. The van der Waals surface area contributed by atoms with E-state index in [-0.39, 0.29) is 13.2 Å². The Kier molecular flexibility index (Phi) is 5.93. The third-order valence-corrected chi connectivity index (χ3v) is 3.95. The summed E-state index contributed by atoms with van der Waals surface area (Å²) in [6.07, 6.45) is -4.55. The van der Waals surface area contributed by atoms with Crippen molar-refractivity contribution in [1.82, 2.24) is 0 Å². The lowest BCUT2D eigenvalue weighted by molar-refractivity contribution is -0.129. The molecule has 1 heterocycles. The molecule has 0 aliphatic carbocycles. The Morgan fingerprint density at radius 1 is 0.917 bits per heavy atom. The molecule has 1 aliphatic rings. The minimum Gasteiger partial charge on any atom is -0.374 e. The van der Waals surface area contributed by atoms with Gasteiger partial charge in [-0.3, -0.25) is 0 Å². The largest absolute Gasteiger partial charge is 0.374 e. The first-order chi connectivity index (χ1) is 11.7. The van der Waals surface area contributed by atoms with E-state index >= 15 is 0 Å². The SMILES string of the molecule is OC1OC(COCc2ccccc2)C(OCc2ccccc2)C1F. The van der Waals surface area contributed by atoms with Gasteiger partial charge in [0, 0.05) is 0 Å². The van der Waals surface area contributed by atoms with Gasteiger partial charge in [-0.05, 0) is 11.1 Å². The van der Waals surface area contributed by atoms with E-state index in [1.165, 1.54) is 0 Å². The maximum Gasteiger partial charge on any atom is 0.189 e. The van der Waals surface area contributed by atoms with Crippen molar-refractivity contribution in [3.8, 4) is 0 Å². The lowest BCUT2D eigenvalue weighted by atomic mass is 10.1. The lowest BCUT2D eigenvalue weighted by Crippen LogP contribution is -2.34. The molecule has 1 saturated heterocycles. The number of hydrogen-bond donors (Lipinski definition) is 1. The van der Waals surface area contributed by atoms with Crippen molar-refractivity contribution in [2.24, 2.45) is 0 Å². The van der Waals surface area contributed by atoms with Crippen LogP contribution in [0.15, 0.2) is 60.7 Å². The molecule has 128 valence electrons. The Morgan fingerprint density at radius 3 is 2.12 bits per heavy atom. The van der Waals surface area contributed by atoms with Crippen molar-refractivity contribution in [2.75, 3.05) is 6.61 Å². The van der Waals surface area contributed by atoms with Crippen LogP contribution >= 0.6 is 0 Å². The van der Waals surface area contributed by atoms with Crippen LogP contribution in [0.5, 0.6) is 0 Å². The van der Waals surface area contributed by atoms with Crippen LogP contribution in [0, 0.1) is 0 Å². The molecule has 4 atom stereocenters. The Balaban J connectivity index is 1.52. The van der Waals surface area contributed by atoms with Crippen molar-refractivity contribution in [2.45, 2.75) is 37.9 Å². The number of halogens is 1. The molecule has 3 rings (SSSR count). The molecule has 0 bridgehead atoms. The standard InChI is InChI=1S/C19H21FO4/c20-17-18(23-12-15-9-5-2-6-10-15)16(24-19(17)21)13-22-11-14-7-3-1-4-8-14/h1-10,16-19,21H,11-13H2. The first kappa shape index (κ1) is 17.0. The van der Waals surface area contributed by atoms with E-state index in [2.05, 4.69) is 0 Å². The molecule has 2 aromatic rings. The minimum atomic E-state index is -1.58. The van der Waals surface area contributed by atoms with Crippen molar-refractivity contribution in [3.05, 3.63) is 71.8 Å². The molecule has 0 saturated carbocycles. The molecule has 24 heavy (non-hydrogen) atoms. The lowest BCUT2D eigenvalue weighted by Gasteiger charge is -2.20. The van der Waals surface area contributed by atoms with Gasteiger partial charge in [-0.15, -0.1) is 0 Å². The molecule has 0 aromatic heterocycles. The fourth-order valence-electron chi connectivity index (χ4n) is 2.67. The predicted molar refractivity (Wildman–Crippen MR) is 86.9 cm³/mol. The highest BCUT2D eigenvalue weighted by molar-refractivity contribution is 5.14. The van der Waals surface area contributed by atoms with Crippen LogP contribution in [-0.2, 0) is 27.4 Å². The van der Waals surface area contributed by atoms with Crippen LogP contribution in [0.1, 0.15) is 11.1 Å². The molecule has 0 radical (unpaired) electrons. The number of benzene rings is 2. The zero-order chi connectivity index (χ0) is 16.8. The zero-order valence-electron chi connectivity index (χ0n) is 13.3. The smallest absolute Gasteiger partial charge is 0.189 e. The second-order valence-electron chi connectivity index (χ2n) is 5.77. The maximum atomic E-state index is 14.1. The predicted octanol–water partition coefficient (Wildman–Crippen LogP) is 2.84. The van der Waals surface area contributed by atoms with Crippen LogP contribution in [0.25, 0.3) is 0 Å².